The first kappa shape index (κ1) is 11.2. The molecule has 78 valence electrons. The Balaban J connectivity index is 2.21. The van der Waals surface area contributed by atoms with Gasteiger partial charge in [-0.05, 0) is 30.9 Å². The third-order valence-corrected chi connectivity index (χ3v) is 2.04. The third kappa shape index (κ3) is 3.88. The van der Waals surface area contributed by atoms with E-state index in [1.807, 2.05) is 12.1 Å². The second-order valence-corrected chi connectivity index (χ2v) is 3.31. The first-order valence-corrected chi connectivity index (χ1v) is 5.15. The average molecular weight is 196 g/mol. The van der Waals surface area contributed by atoms with E-state index in [0.29, 0.717) is 0 Å². The van der Waals surface area contributed by atoms with Crippen LogP contribution >= 0.6 is 0 Å². The lowest BCUT2D eigenvalue weighted by Crippen LogP contribution is -1.98. The number of aryl methyl sites for hydroxylation is 1. The fourth-order valence-corrected chi connectivity index (χ4v) is 1.31. The van der Waals surface area contributed by atoms with Crippen molar-refractivity contribution >= 4 is 0 Å². The van der Waals surface area contributed by atoms with Gasteiger partial charge in [0.25, 0.3) is 0 Å². The van der Waals surface area contributed by atoms with E-state index in [1.165, 1.54) is 6.07 Å². The van der Waals surface area contributed by atoms with Crippen molar-refractivity contribution in [2.45, 2.75) is 26.2 Å². The van der Waals surface area contributed by atoms with E-state index in [0.717, 1.165) is 38.0 Å². The van der Waals surface area contributed by atoms with Crippen molar-refractivity contribution in [3.63, 3.8) is 0 Å². The van der Waals surface area contributed by atoms with E-state index in [-0.39, 0.29) is 5.82 Å². The van der Waals surface area contributed by atoms with Crippen LogP contribution in [0.2, 0.25) is 0 Å². The van der Waals surface area contributed by atoms with Crippen molar-refractivity contribution in [3.05, 3.63) is 35.6 Å². The Kier molecular flexibility index (Phi) is 5.23. The van der Waals surface area contributed by atoms with Gasteiger partial charge in [0.05, 0.1) is 0 Å². The first-order valence-electron chi connectivity index (χ1n) is 5.15. The van der Waals surface area contributed by atoms with Gasteiger partial charge >= 0.3 is 0 Å². The minimum Gasteiger partial charge on any atom is -0.381 e. The van der Waals surface area contributed by atoms with E-state index in [2.05, 4.69) is 6.92 Å². The predicted molar refractivity (Wildman–Crippen MR) is 55.8 cm³/mol. The Morgan fingerprint density at radius 2 is 2.00 bits per heavy atom. The number of rotatable bonds is 6. The van der Waals surface area contributed by atoms with Crippen LogP contribution in [-0.4, -0.2) is 13.2 Å². The van der Waals surface area contributed by atoms with Crippen molar-refractivity contribution in [3.8, 4) is 0 Å². The molecule has 0 unspecified atom stereocenters. The summed E-state index contributed by atoms with van der Waals surface area (Å²) in [5.41, 5.74) is 0.785. The SMILES string of the molecule is CCCOCCCc1ccccc1F. The fraction of sp³-hybridized carbons (Fsp3) is 0.500. The maximum Gasteiger partial charge on any atom is 0.126 e. The van der Waals surface area contributed by atoms with Crippen molar-refractivity contribution in [1.29, 1.82) is 0 Å². The maximum absolute atomic E-state index is 13.1. The van der Waals surface area contributed by atoms with Gasteiger partial charge in [-0.15, -0.1) is 0 Å². The smallest absolute Gasteiger partial charge is 0.126 e. The van der Waals surface area contributed by atoms with Gasteiger partial charge in [0.15, 0.2) is 0 Å². The summed E-state index contributed by atoms with van der Waals surface area (Å²) in [4.78, 5) is 0. The van der Waals surface area contributed by atoms with Crippen molar-refractivity contribution in [2.75, 3.05) is 13.2 Å². The maximum atomic E-state index is 13.1. The number of ether oxygens (including phenoxy) is 1. The summed E-state index contributed by atoms with van der Waals surface area (Å²) in [6.07, 6.45) is 2.69. The highest BCUT2D eigenvalue weighted by molar-refractivity contribution is 5.17. The Morgan fingerprint density at radius 3 is 2.71 bits per heavy atom. The van der Waals surface area contributed by atoms with Crippen molar-refractivity contribution in [2.24, 2.45) is 0 Å². The van der Waals surface area contributed by atoms with Crippen LogP contribution in [0.25, 0.3) is 0 Å². The molecule has 0 aliphatic rings. The molecule has 1 rings (SSSR count). The van der Waals surface area contributed by atoms with Gasteiger partial charge in [0.1, 0.15) is 5.82 Å². The summed E-state index contributed by atoms with van der Waals surface area (Å²) in [5.74, 6) is -0.108. The molecular formula is C12H17FO. The van der Waals surface area contributed by atoms with Gasteiger partial charge in [-0.25, -0.2) is 4.39 Å². The number of hydrogen-bond acceptors (Lipinski definition) is 1. The minimum atomic E-state index is -0.108. The van der Waals surface area contributed by atoms with Crippen LogP contribution in [0.4, 0.5) is 4.39 Å². The van der Waals surface area contributed by atoms with Gasteiger partial charge in [0.2, 0.25) is 0 Å². The Morgan fingerprint density at radius 1 is 1.21 bits per heavy atom. The Hall–Kier alpha value is -0.890. The normalized spacial score (nSPS) is 10.4. The number of hydrogen-bond donors (Lipinski definition) is 0. The van der Waals surface area contributed by atoms with Crippen LogP contribution in [-0.2, 0) is 11.2 Å². The molecule has 1 nitrogen and oxygen atoms in total. The monoisotopic (exact) mass is 196 g/mol. The average Bonchev–Trinajstić information content (AvgIpc) is 2.20. The van der Waals surface area contributed by atoms with E-state index in [9.17, 15) is 4.39 Å². The lowest BCUT2D eigenvalue weighted by molar-refractivity contribution is 0.132. The predicted octanol–water partition coefficient (Wildman–Crippen LogP) is 3.18. The molecule has 0 amide bonds. The van der Waals surface area contributed by atoms with Crippen LogP contribution in [0.5, 0.6) is 0 Å². The molecule has 0 spiro atoms. The molecule has 0 saturated carbocycles. The molecular weight excluding hydrogens is 179 g/mol. The van der Waals surface area contributed by atoms with Crippen molar-refractivity contribution in [1.82, 2.24) is 0 Å². The van der Waals surface area contributed by atoms with E-state index in [1.54, 1.807) is 6.07 Å². The summed E-state index contributed by atoms with van der Waals surface area (Å²) >= 11 is 0. The molecule has 0 atom stereocenters. The molecule has 0 heterocycles. The summed E-state index contributed by atoms with van der Waals surface area (Å²) < 4.78 is 18.4. The number of benzene rings is 1. The third-order valence-electron chi connectivity index (χ3n) is 2.04. The number of halogens is 1. The highest BCUT2D eigenvalue weighted by Crippen LogP contribution is 2.08. The Labute approximate surface area is 84.9 Å². The van der Waals surface area contributed by atoms with Gasteiger partial charge < -0.3 is 4.74 Å². The second kappa shape index (κ2) is 6.55. The fourth-order valence-electron chi connectivity index (χ4n) is 1.31. The lowest BCUT2D eigenvalue weighted by atomic mass is 10.1. The summed E-state index contributed by atoms with van der Waals surface area (Å²) in [6, 6.07) is 6.91. The quantitative estimate of drug-likeness (QED) is 0.635. The van der Waals surface area contributed by atoms with E-state index < -0.39 is 0 Å². The van der Waals surface area contributed by atoms with Gasteiger partial charge in [-0.1, -0.05) is 25.1 Å². The highest BCUT2D eigenvalue weighted by Gasteiger charge is 1.99. The molecule has 0 saturated heterocycles. The second-order valence-electron chi connectivity index (χ2n) is 3.31. The molecule has 14 heavy (non-hydrogen) atoms. The largest absolute Gasteiger partial charge is 0.381 e. The minimum absolute atomic E-state index is 0.108. The molecule has 0 bridgehead atoms. The molecule has 1 aromatic rings. The van der Waals surface area contributed by atoms with Crippen LogP contribution < -0.4 is 0 Å². The molecule has 0 radical (unpaired) electrons. The molecule has 1 aromatic carbocycles. The molecule has 0 aliphatic carbocycles. The lowest BCUT2D eigenvalue weighted by Gasteiger charge is -2.03. The zero-order chi connectivity index (χ0) is 10.2. The van der Waals surface area contributed by atoms with Crippen molar-refractivity contribution < 1.29 is 9.13 Å². The van der Waals surface area contributed by atoms with E-state index >= 15 is 0 Å². The zero-order valence-electron chi connectivity index (χ0n) is 8.63. The highest BCUT2D eigenvalue weighted by atomic mass is 19.1. The van der Waals surface area contributed by atoms with Crippen LogP contribution in [0.1, 0.15) is 25.3 Å². The molecule has 0 N–H and O–H groups in total. The molecule has 2 heteroatoms. The summed E-state index contributed by atoms with van der Waals surface area (Å²) in [7, 11) is 0. The summed E-state index contributed by atoms with van der Waals surface area (Å²) in [5, 5.41) is 0. The van der Waals surface area contributed by atoms with Crippen LogP contribution in [0.3, 0.4) is 0 Å². The van der Waals surface area contributed by atoms with Gasteiger partial charge in [0, 0.05) is 13.2 Å². The first-order chi connectivity index (χ1) is 6.84. The molecule has 0 aliphatic heterocycles. The molecule has 0 aromatic heterocycles. The zero-order valence-corrected chi connectivity index (χ0v) is 8.63. The molecule has 0 fully saturated rings. The van der Waals surface area contributed by atoms with Crippen LogP contribution in [0, 0.1) is 5.82 Å². The van der Waals surface area contributed by atoms with Crippen LogP contribution in [0.15, 0.2) is 24.3 Å². The topological polar surface area (TPSA) is 9.23 Å². The van der Waals surface area contributed by atoms with Gasteiger partial charge in [-0.2, -0.15) is 0 Å². The van der Waals surface area contributed by atoms with Gasteiger partial charge in [-0.3, -0.25) is 0 Å². The van der Waals surface area contributed by atoms with E-state index in [4.69, 9.17) is 4.74 Å². The Bertz CT molecular complexity index is 260. The standard InChI is InChI=1S/C12H17FO/c1-2-9-14-10-5-7-11-6-3-4-8-12(11)13/h3-4,6,8H,2,5,7,9-10H2,1H3. The summed E-state index contributed by atoms with van der Waals surface area (Å²) in [6.45, 7) is 3.61.